The molecule has 1 amide bonds. The molecule has 7 heteroatoms. The van der Waals surface area contributed by atoms with Crippen molar-refractivity contribution in [2.75, 3.05) is 38.5 Å². The van der Waals surface area contributed by atoms with Gasteiger partial charge in [0.25, 0.3) is 0 Å². The number of methoxy groups -OCH3 is 2. The van der Waals surface area contributed by atoms with E-state index in [4.69, 9.17) is 9.47 Å². The molecule has 7 nitrogen and oxygen atoms in total. The van der Waals surface area contributed by atoms with E-state index in [0.717, 1.165) is 5.56 Å². The van der Waals surface area contributed by atoms with E-state index in [1.54, 1.807) is 32.4 Å². The Hall–Kier alpha value is -3.09. The van der Waals surface area contributed by atoms with Crippen LogP contribution in [0.5, 0.6) is 11.5 Å². The number of benzene rings is 1. The van der Waals surface area contributed by atoms with Crippen LogP contribution in [0.15, 0.2) is 24.3 Å². The van der Waals surface area contributed by atoms with Gasteiger partial charge in [-0.2, -0.15) is 0 Å². The number of aromatic nitrogens is 2. The van der Waals surface area contributed by atoms with Gasteiger partial charge in [0.2, 0.25) is 11.9 Å². The van der Waals surface area contributed by atoms with Crippen molar-refractivity contribution in [1.82, 2.24) is 9.97 Å². The molecule has 2 rings (SSSR count). The van der Waals surface area contributed by atoms with Crippen molar-refractivity contribution in [2.45, 2.75) is 13.8 Å². The summed E-state index contributed by atoms with van der Waals surface area (Å²) in [5.74, 6) is 1.60. The fourth-order valence-electron chi connectivity index (χ4n) is 2.37. The van der Waals surface area contributed by atoms with E-state index in [-0.39, 0.29) is 5.91 Å². The van der Waals surface area contributed by atoms with Crippen LogP contribution in [0.1, 0.15) is 17.0 Å². The highest BCUT2D eigenvalue weighted by atomic mass is 16.5. The molecular weight excluding hydrogens is 332 g/mol. The number of nitrogens with one attached hydrogen (secondary N) is 1. The van der Waals surface area contributed by atoms with Crippen LogP contribution in [0.2, 0.25) is 0 Å². The third kappa shape index (κ3) is 4.50. The molecular formula is C19H24N4O3. The van der Waals surface area contributed by atoms with Crippen LogP contribution in [-0.4, -0.2) is 44.2 Å². The van der Waals surface area contributed by atoms with Crippen LogP contribution in [0.25, 0.3) is 6.08 Å². The van der Waals surface area contributed by atoms with Crippen molar-refractivity contribution in [3.8, 4) is 11.5 Å². The number of ether oxygens (including phenoxy) is 2. The van der Waals surface area contributed by atoms with E-state index in [1.807, 2.05) is 38.9 Å². The zero-order valence-electron chi connectivity index (χ0n) is 16.0. The second-order valence-electron chi connectivity index (χ2n) is 5.90. The van der Waals surface area contributed by atoms with E-state index in [1.165, 1.54) is 6.08 Å². The van der Waals surface area contributed by atoms with Gasteiger partial charge in [0.15, 0.2) is 11.5 Å². The van der Waals surface area contributed by atoms with Crippen molar-refractivity contribution >= 4 is 23.6 Å². The number of rotatable bonds is 6. The summed E-state index contributed by atoms with van der Waals surface area (Å²) in [6, 6.07) is 5.43. The molecule has 0 atom stereocenters. The molecule has 0 spiro atoms. The van der Waals surface area contributed by atoms with Gasteiger partial charge < -0.3 is 19.7 Å². The molecule has 1 heterocycles. The maximum Gasteiger partial charge on any atom is 0.248 e. The molecule has 0 saturated carbocycles. The van der Waals surface area contributed by atoms with Crippen molar-refractivity contribution in [1.29, 1.82) is 0 Å². The molecule has 138 valence electrons. The first-order valence-electron chi connectivity index (χ1n) is 8.09. The smallest absolute Gasteiger partial charge is 0.248 e. The Balaban J connectivity index is 2.15. The monoisotopic (exact) mass is 356 g/mol. The summed E-state index contributed by atoms with van der Waals surface area (Å²) >= 11 is 0. The maximum atomic E-state index is 12.3. The number of aryl methyl sites for hydroxylation is 2. The third-order valence-corrected chi connectivity index (χ3v) is 3.74. The molecule has 1 N–H and O–H groups in total. The second-order valence-corrected chi connectivity index (χ2v) is 5.90. The van der Waals surface area contributed by atoms with Gasteiger partial charge in [-0.25, -0.2) is 9.97 Å². The minimum Gasteiger partial charge on any atom is -0.493 e. The standard InChI is InChI=1S/C19H24N4O3/c1-12-18(13(2)21-19(20-12)23(3)4)22-17(24)10-8-14-7-9-15(25-5)16(11-14)26-6/h7-11H,1-6H3,(H,22,24). The summed E-state index contributed by atoms with van der Waals surface area (Å²) in [7, 11) is 6.90. The molecule has 0 aliphatic heterocycles. The van der Waals surface area contributed by atoms with Crippen LogP contribution in [0.4, 0.5) is 11.6 Å². The molecule has 0 radical (unpaired) electrons. The Labute approximate surface area is 153 Å². The lowest BCUT2D eigenvalue weighted by molar-refractivity contribution is -0.111. The van der Waals surface area contributed by atoms with E-state index in [2.05, 4.69) is 15.3 Å². The predicted molar refractivity (Wildman–Crippen MR) is 103 cm³/mol. The lowest BCUT2D eigenvalue weighted by Gasteiger charge is -2.15. The molecule has 0 saturated heterocycles. The summed E-state index contributed by atoms with van der Waals surface area (Å²) in [6.45, 7) is 3.69. The minimum absolute atomic E-state index is 0.257. The summed E-state index contributed by atoms with van der Waals surface area (Å²) in [6.07, 6.45) is 3.16. The second kappa shape index (κ2) is 8.33. The molecule has 0 bridgehead atoms. The zero-order valence-corrected chi connectivity index (χ0v) is 16.0. The Morgan fingerprint density at radius 1 is 1.08 bits per heavy atom. The number of amides is 1. The number of carbonyl (C=O) groups is 1. The number of hydrogen-bond donors (Lipinski definition) is 1. The van der Waals surface area contributed by atoms with Gasteiger partial charge in [-0.1, -0.05) is 6.07 Å². The van der Waals surface area contributed by atoms with Crippen molar-refractivity contribution in [2.24, 2.45) is 0 Å². The van der Waals surface area contributed by atoms with Crippen LogP contribution in [-0.2, 0) is 4.79 Å². The molecule has 2 aromatic rings. The number of carbonyl (C=O) groups excluding carboxylic acids is 1. The highest BCUT2D eigenvalue weighted by molar-refractivity contribution is 6.02. The van der Waals surface area contributed by atoms with Crippen molar-refractivity contribution in [3.63, 3.8) is 0 Å². The lowest BCUT2D eigenvalue weighted by atomic mass is 10.2. The van der Waals surface area contributed by atoms with Gasteiger partial charge in [0.1, 0.15) is 0 Å². The highest BCUT2D eigenvalue weighted by Crippen LogP contribution is 2.28. The van der Waals surface area contributed by atoms with Gasteiger partial charge >= 0.3 is 0 Å². The van der Waals surface area contributed by atoms with Crippen LogP contribution in [0, 0.1) is 13.8 Å². The van der Waals surface area contributed by atoms with Gasteiger partial charge in [-0.15, -0.1) is 0 Å². The Kier molecular flexibility index (Phi) is 6.16. The van der Waals surface area contributed by atoms with Gasteiger partial charge in [-0.05, 0) is 37.6 Å². The van der Waals surface area contributed by atoms with E-state index >= 15 is 0 Å². The molecule has 0 fully saturated rings. The predicted octanol–water partition coefficient (Wildman–Crippen LogP) is 2.83. The van der Waals surface area contributed by atoms with Crippen LogP contribution in [0.3, 0.4) is 0 Å². The van der Waals surface area contributed by atoms with Gasteiger partial charge in [0.05, 0.1) is 31.3 Å². The fourth-order valence-corrected chi connectivity index (χ4v) is 2.37. The molecule has 0 aliphatic rings. The van der Waals surface area contributed by atoms with Crippen LogP contribution >= 0.6 is 0 Å². The normalized spacial score (nSPS) is 10.7. The Morgan fingerprint density at radius 3 is 2.23 bits per heavy atom. The molecule has 1 aromatic heterocycles. The van der Waals surface area contributed by atoms with Crippen molar-refractivity contribution in [3.05, 3.63) is 41.2 Å². The Morgan fingerprint density at radius 2 is 1.69 bits per heavy atom. The van der Waals surface area contributed by atoms with E-state index < -0.39 is 0 Å². The fraction of sp³-hybridized carbons (Fsp3) is 0.316. The van der Waals surface area contributed by atoms with E-state index in [0.29, 0.717) is 34.5 Å². The Bertz CT molecular complexity index is 809. The summed E-state index contributed by atoms with van der Waals surface area (Å²) < 4.78 is 10.5. The first-order valence-corrected chi connectivity index (χ1v) is 8.09. The van der Waals surface area contributed by atoms with E-state index in [9.17, 15) is 4.79 Å². The number of hydrogen-bond acceptors (Lipinski definition) is 6. The molecule has 1 aromatic carbocycles. The molecule has 0 unspecified atom stereocenters. The average Bonchev–Trinajstić information content (AvgIpc) is 2.62. The average molecular weight is 356 g/mol. The minimum atomic E-state index is -0.257. The van der Waals surface area contributed by atoms with Gasteiger partial charge in [-0.3, -0.25) is 4.79 Å². The topological polar surface area (TPSA) is 76.6 Å². The number of anilines is 2. The van der Waals surface area contributed by atoms with Gasteiger partial charge in [0, 0.05) is 20.2 Å². The van der Waals surface area contributed by atoms with Crippen molar-refractivity contribution < 1.29 is 14.3 Å². The SMILES string of the molecule is COc1ccc(C=CC(=O)Nc2c(C)nc(N(C)C)nc2C)cc1OC. The molecule has 26 heavy (non-hydrogen) atoms. The summed E-state index contributed by atoms with van der Waals surface area (Å²) in [5.41, 5.74) is 2.88. The lowest BCUT2D eigenvalue weighted by Crippen LogP contribution is -2.17. The quantitative estimate of drug-likeness (QED) is 0.802. The largest absolute Gasteiger partial charge is 0.493 e. The molecule has 0 aliphatic carbocycles. The van der Waals surface area contributed by atoms with Crippen LogP contribution < -0.4 is 19.7 Å². The summed E-state index contributed by atoms with van der Waals surface area (Å²) in [5, 5.41) is 2.84. The first-order chi connectivity index (χ1) is 12.3. The summed E-state index contributed by atoms with van der Waals surface area (Å²) in [4.78, 5) is 22.9. The zero-order chi connectivity index (χ0) is 19.3. The maximum absolute atomic E-state index is 12.3. The first kappa shape index (κ1) is 19.2. The highest BCUT2D eigenvalue weighted by Gasteiger charge is 2.11. The third-order valence-electron chi connectivity index (χ3n) is 3.74. The number of nitrogens with zero attached hydrogens (tertiary/aromatic N) is 3.